The molecule has 0 saturated heterocycles. The average molecular weight is 388 g/mol. The van der Waals surface area contributed by atoms with E-state index in [-0.39, 0.29) is 0 Å². The summed E-state index contributed by atoms with van der Waals surface area (Å²) in [5, 5.41) is 5.51. The minimum atomic E-state index is 0.483. The molecule has 1 atom stereocenters. The predicted molar refractivity (Wildman–Crippen MR) is 130 cm³/mol. The Morgan fingerprint density at radius 2 is 1.37 bits per heavy atom. The maximum Gasteiger partial charge on any atom is 0.0623 e. The normalized spacial score (nSPS) is 13.2. The highest BCUT2D eigenvalue weighted by molar-refractivity contribution is 6.25. The Labute approximate surface area is 176 Å². The fourth-order valence-corrected chi connectivity index (χ4v) is 5.36. The lowest BCUT2D eigenvalue weighted by Gasteiger charge is -2.19. The van der Waals surface area contributed by atoms with Crippen LogP contribution in [0, 0.1) is 6.92 Å². The van der Waals surface area contributed by atoms with Crippen molar-refractivity contribution in [1.29, 1.82) is 0 Å². The Morgan fingerprint density at radius 1 is 0.733 bits per heavy atom. The van der Waals surface area contributed by atoms with E-state index in [1.54, 1.807) is 0 Å². The molecule has 1 nitrogen and oxygen atoms in total. The van der Waals surface area contributed by atoms with E-state index < -0.39 is 0 Å². The highest BCUT2D eigenvalue weighted by atomic mass is 14.9. The number of aryl methyl sites for hydroxylation is 1. The van der Waals surface area contributed by atoms with Crippen LogP contribution in [0.15, 0.2) is 78.9 Å². The summed E-state index contributed by atoms with van der Waals surface area (Å²) in [6.07, 6.45) is 1.12. The highest BCUT2D eigenvalue weighted by Crippen LogP contribution is 2.47. The number of benzene rings is 4. The first-order valence-electron chi connectivity index (χ1n) is 11.0. The molecule has 6 rings (SSSR count). The summed E-state index contributed by atoms with van der Waals surface area (Å²) in [4.78, 5) is 0. The molecule has 6 aromatic rings. The van der Waals surface area contributed by atoms with Gasteiger partial charge in [0.2, 0.25) is 0 Å². The standard InChI is InChI=1S/C29H25N/c1-4-18(2)27-23(20-12-6-5-11-19(20)3)17-24-21-13-7-9-15-25(21)30-26-16-10-8-14-22(26)28(27)29(24)30/h5-18H,4H2,1-3H3/t18-/m1/s1. The minimum Gasteiger partial charge on any atom is -0.308 e. The van der Waals surface area contributed by atoms with Crippen LogP contribution in [-0.4, -0.2) is 4.40 Å². The number of aromatic nitrogens is 1. The smallest absolute Gasteiger partial charge is 0.0623 e. The van der Waals surface area contributed by atoms with Crippen LogP contribution in [0.4, 0.5) is 0 Å². The second-order valence-electron chi connectivity index (χ2n) is 8.60. The Bertz CT molecular complexity index is 1550. The van der Waals surface area contributed by atoms with Crippen molar-refractivity contribution in [3.8, 4) is 11.1 Å². The molecule has 0 amide bonds. The van der Waals surface area contributed by atoms with Crippen LogP contribution in [0.25, 0.3) is 49.2 Å². The third-order valence-electron chi connectivity index (χ3n) is 6.95. The second kappa shape index (κ2) is 6.34. The van der Waals surface area contributed by atoms with Gasteiger partial charge >= 0.3 is 0 Å². The van der Waals surface area contributed by atoms with Crippen LogP contribution in [0.2, 0.25) is 0 Å². The Morgan fingerprint density at radius 3 is 2.10 bits per heavy atom. The van der Waals surface area contributed by atoms with Gasteiger partial charge in [0.05, 0.1) is 16.6 Å². The van der Waals surface area contributed by atoms with Crippen molar-refractivity contribution in [3.63, 3.8) is 0 Å². The number of para-hydroxylation sites is 2. The molecule has 0 aliphatic rings. The number of nitrogens with zero attached hydrogens (tertiary/aromatic N) is 1. The molecule has 0 fully saturated rings. The lowest BCUT2D eigenvalue weighted by atomic mass is 9.84. The Balaban J connectivity index is 1.95. The zero-order valence-electron chi connectivity index (χ0n) is 17.7. The molecule has 2 heterocycles. The zero-order valence-corrected chi connectivity index (χ0v) is 17.7. The van der Waals surface area contributed by atoms with Gasteiger partial charge in [0.15, 0.2) is 0 Å². The van der Waals surface area contributed by atoms with Gasteiger partial charge < -0.3 is 4.40 Å². The molecule has 0 N–H and O–H groups in total. The van der Waals surface area contributed by atoms with Gasteiger partial charge in [-0.05, 0) is 59.7 Å². The maximum absolute atomic E-state index is 2.49. The van der Waals surface area contributed by atoms with Crippen LogP contribution < -0.4 is 0 Å². The molecule has 4 aromatic carbocycles. The topological polar surface area (TPSA) is 4.41 Å². The summed E-state index contributed by atoms with van der Waals surface area (Å²) in [5.74, 6) is 0.483. The maximum atomic E-state index is 2.49. The van der Waals surface area contributed by atoms with Gasteiger partial charge in [0.1, 0.15) is 0 Å². The molecule has 2 aromatic heterocycles. The van der Waals surface area contributed by atoms with Crippen molar-refractivity contribution in [1.82, 2.24) is 4.40 Å². The summed E-state index contributed by atoms with van der Waals surface area (Å²) >= 11 is 0. The Hall–Kier alpha value is -3.32. The number of rotatable bonds is 3. The first-order chi connectivity index (χ1) is 14.7. The second-order valence-corrected chi connectivity index (χ2v) is 8.60. The predicted octanol–water partition coefficient (Wildman–Crippen LogP) is 8.33. The number of fused-ring (bicyclic) bond motifs is 6. The number of hydrogen-bond donors (Lipinski definition) is 0. The van der Waals surface area contributed by atoms with E-state index in [4.69, 9.17) is 0 Å². The van der Waals surface area contributed by atoms with Gasteiger partial charge in [-0.2, -0.15) is 0 Å². The largest absolute Gasteiger partial charge is 0.308 e. The lowest BCUT2D eigenvalue weighted by molar-refractivity contribution is 0.742. The van der Waals surface area contributed by atoms with Crippen LogP contribution in [0.1, 0.15) is 37.3 Å². The summed E-state index contributed by atoms with van der Waals surface area (Å²) in [6.45, 7) is 6.92. The van der Waals surface area contributed by atoms with E-state index in [1.807, 2.05) is 0 Å². The fourth-order valence-electron chi connectivity index (χ4n) is 5.36. The molecular weight excluding hydrogens is 362 g/mol. The monoisotopic (exact) mass is 387 g/mol. The van der Waals surface area contributed by atoms with E-state index in [0.717, 1.165) is 6.42 Å². The van der Waals surface area contributed by atoms with Crippen LogP contribution in [0.5, 0.6) is 0 Å². The Kier molecular flexibility index (Phi) is 3.70. The van der Waals surface area contributed by atoms with E-state index >= 15 is 0 Å². The summed E-state index contributed by atoms with van der Waals surface area (Å²) < 4.78 is 2.49. The average Bonchev–Trinajstić information content (AvgIpc) is 3.30. The molecular formula is C29H25N. The van der Waals surface area contributed by atoms with Gasteiger partial charge in [-0.25, -0.2) is 0 Å². The van der Waals surface area contributed by atoms with Gasteiger partial charge in [0, 0.05) is 21.5 Å². The SMILES string of the molecule is CC[C@@H](C)c1c(-c2ccccc2C)cc2c3ccccc3n3c4ccccc4c1c23. The summed E-state index contributed by atoms with van der Waals surface area (Å²) in [6, 6.07) is 29.1. The molecule has 0 aliphatic carbocycles. The first-order valence-corrected chi connectivity index (χ1v) is 11.0. The molecule has 0 bridgehead atoms. The van der Waals surface area contributed by atoms with Gasteiger partial charge in [-0.15, -0.1) is 0 Å². The molecule has 146 valence electrons. The third-order valence-corrected chi connectivity index (χ3v) is 6.95. The van der Waals surface area contributed by atoms with E-state index in [2.05, 4.69) is 104 Å². The van der Waals surface area contributed by atoms with E-state index in [1.165, 1.54) is 60.3 Å². The van der Waals surface area contributed by atoms with Crippen LogP contribution >= 0.6 is 0 Å². The van der Waals surface area contributed by atoms with Gasteiger partial charge in [-0.1, -0.05) is 74.5 Å². The molecule has 0 radical (unpaired) electrons. The molecule has 0 saturated carbocycles. The molecule has 30 heavy (non-hydrogen) atoms. The molecule has 1 heteroatoms. The van der Waals surface area contributed by atoms with Gasteiger partial charge in [-0.3, -0.25) is 0 Å². The lowest BCUT2D eigenvalue weighted by Crippen LogP contribution is -1.98. The van der Waals surface area contributed by atoms with E-state index in [0.29, 0.717) is 5.92 Å². The van der Waals surface area contributed by atoms with Crippen molar-refractivity contribution in [2.45, 2.75) is 33.1 Å². The van der Waals surface area contributed by atoms with Crippen molar-refractivity contribution in [3.05, 3.63) is 90.0 Å². The highest BCUT2D eigenvalue weighted by Gasteiger charge is 2.24. The molecule has 0 unspecified atom stereocenters. The summed E-state index contributed by atoms with van der Waals surface area (Å²) in [5.41, 5.74) is 9.57. The summed E-state index contributed by atoms with van der Waals surface area (Å²) in [7, 11) is 0. The first kappa shape index (κ1) is 17.5. The number of hydrogen-bond acceptors (Lipinski definition) is 0. The zero-order chi connectivity index (χ0) is 20.4. The van der Waals surface area contributed by atoms with Crippen molar-refractivity contribution in [2.24, 2.45) is 0 Å². The van der Waals surface area contributed by atoms with Crippen LogP contribution in [-0.2, 0) is 0 Å². The molecule has 0 aliphatic heterocycles. The van der Waals surface area contributed by atoms with Crippen LogP contribution in [0.3, 0.4) is 0 Å². The molecule has 0 spiro atoms. The van der Waals surface area contributed by atoms with E-state index in [9.17, 15) is 0 Å². The quantitative estimate of drug-likeness (QED) is 0.287. The van der Waals surface area contributed by atoms with Gasteiger partial charge in [0.25, 0.3) is 0 Å². The minimum absolute atomic E-state index is 0.483. The van der Waals surface area contributed by atoms with Crippen molar-refractivity contribution >= 4 is 38.1 Å². The third kappa shape index (κ3) is 2.18. The van der Waals surface area contributed by atoms with Crippen molar-refractivity contribution < 1.29 is 0 Å². The fraction of sp³-hybridized carbons (Fsp3) is 0.172. The van der Waals surface area contributed by atoms with Crippen molar-refractivity contribution in [2.75, 3.05) is 0 Å².